The standard InChI is InChI=1S/C23H26N2O3S/c1-16-8-9-17-19(26)14-21(28-20(17)13-16)23(27)24-15-18(22-7-6-12-29-22)25-10-4-2-3-5-11-25/h6-9,12-14,18H,2-5,10-11,15H2,1H3,(H,24,27). The zero-order valence-electron chi connectivity index (χ0n) is 16.6. The van der Waals surface area contributed by atoms with Gasteiger partial charge < -0.3 is 9.73 Å². The molecule has 1 atom stereocenters. The van der Waals surface area contributed by atoms with Gasteiger partial charge in [-0.3, -0.25) is 14.5 Å². The van der Waals surface area contributed by atoms with Crippen molar-refractivity contribution < 1.29 is 9.21 Å². The van der Waals surface area contributed by atoms with Gasteiger partial charge in [-0.25, -0.2) is 0 Å². The van der Waals surface area contributed by atoms with Crippen LogP contribution in [-0.2, 0) is 0 Å². The first-order chi connectivity index (χ1) is 14.1. The highest BCUT2D eigenvalue weighted by Crippen LogP contribution is 2.27. The van der Waals surface area contributed by atoms with E-state index >= 15 is 0 Å². The van der Waals surface area contributed by atoms with Crippen LogP contribution >= 0.6 is 11.3 Å². The van der Waals surface area contributed by atoms with Gasteiger partial charge in [-0.15, -0.1) is 11.3 Å². The van der Waals surface area contributed by atoms with Gasteiger partial charge in [0.15, 0.2) is 11.2 Å². The van der Waals surface area contributed by atoms with Gasteiger partial charge in [0.25, 0.3) is 5.91 Å². The van der Waals surface area contributed by atoms with Gasteiger partial charge in [-0.1, -0.05) is 25.0 Å². The van der Waals surface area contributed by atoms with E-state index in [0.29, 0.717) is 17.5 Å². The summed E-state index contributed by atoms with van der Waals surface area (Å²) >= 11 is 1.72. The predicted molar refractivity (Wildman–Crippen MR) is 117 cm³/mol. The monoisotopic (exact) mass is 410 g/mol. The molecule has 0 bridgehead atoms. The number of fused-ring (bicyclic) bond motifs is 1. The Hall–Kier alpha value is -2.44. The number of rotatable bonds is 5. The van der Waals surface area contributed by atoms with Gasteiger partial charge in [-0.2, -0.15) is 0 Å². The molecule has 1 N–H and O–H groups in total. The Morgan fingerprint density at radius 2 is 1.97 bits per heavy atom. The SMILES string of the molecule is Cc1ccc2c(=O)cc(C(=O)NCC(c3cccs3)N3CCCCCC3)oc2c1. The summed E-state index contributed by atoms with van der Waals surface area (Å²) in [5, 5.41) is 5.57. The number of carbonyl (C=O) groups excluding carboxylic acids is 1. The second-order valence-corrected chi connectivity index (χ2v) is 8.65. The number of nitrogens with one attached hydrogen (secondary N) is 1. The Bertz CT molecular complexity index is 1030. The summed E-state index contributed by atoms with van der Waals surface area (Å²) in [7, 11) is 0. The van der Waals surface area contributed by atoms with Crippen molar-refractivity contribution in [2.75, 3.05) is 19.6 Å². The van der Waals surface area contributed by atoms with E-state index in [-0.39, 0.29) is 23.1 Å². The molecule has 1 aromatic carbocycles. The van der Waals surface area contributed by atoms with Crippen LogP contribution in [0.25, 0.3) is 11.0 Å². The molecule has 0 aliphatic carbocycles. The predicted octanol–water partition coefficient (Wildman–Crippen LogP) is 4.51. The van der Waals surface area contributed by atoms with E-state index in [1.54, 1.807) is 23.5 Å². The van der Waals surface area contributed by atoms with Crippen LogP contribution < -0.4 is 10.7 Å². The normalized spacial score (nSPS) is 16.4. The summed E-state index contributed by atoms with van der Waals surface area (Å²) in [6.07, 6.45) is 4.91. The first kappa shape index (κ1) is 19.9. The molecule has 1 saturated heterocycles. The van der Waals surface area contributed by atoms with E-state index in [1.807, 2.05) is 13.0 Å². The molecule has 0 saturated carbocycles. The second kappa shape index (κ2) is 8.93. The Kier molecular flexibility index (Phi) is 6.11. The fraction of sp³-hybridized carbons (Fsp3) is 0.391. The van der Waals surface area contributed by atoms with Gasteiger partial charge >= 0.3 is 0 Å². The third kappa shape index (κ3) is 4.60. The number of amides is 1. The summed E-state index contributed by atoms with van der Waals surface area (Å²) in [5.74, 6) is -0.282. The molecule has 1 aliphatic rings. The minimum absolute atomic E-state index is 0.0638. The number of aryl methyl sites for hydroxylation is 1. The summed E-state index contributed by atoms with van der Waals surface area (Å²) in [6, 6.07) is 11.0. The lowest BCUT2D eigenvalue weighted by atomic mass is 10.1. The van der Waals surface area contributed by atoms with Crippen LogP contribution in [0.15, 0.2) is 51.0 Å². The zero-order valence-corrected chi connectivity index (χ0v) is 17.5. The highest BCUT2D eigenvalue weighted by Gasteiger charge is 2.24. The van der Waals surface area contributed by atoms with E-state index in [4.69, 9.17) is 4.42 Å². The lowest BCUT2D eigenvalue weighted by molar-refractivity contribution is 0.0907. The van der Waals surface area contributed by atoms with Crippen molar-refractivity contribution in [3.8, 4) is 0 Å². The number of carbonyl (C=O) groups is 1. The van der Waals surface area contributed by atoms with E-state index < -0.39 is 0 Å². The topological polar surface area (TPSA) is 62.6 Å². The maximum Gasteiger partial charge on any atom is 0.287 e. The number of nitrogens with zero attached hydrogens (tertiary/aromatic N) is 1. The Balaban J connectivity index is 1.53. The number of likely N-dealkylation sites (tertiary alicyclic amines) is 1. The number of benzene rings is 1. The maximum absolute atomic E-state index is 12.8. The molecule has 5 nitrogen and oxygen atoms in total. The van der Waals surface area contributed by atoms with Crippen molar-refractivity contribution in [2.45, 2.75) is 38.6 Å². The summed E-state index contributed by atoms with van der Waals surface area (Å²) in [6.45, 7) is 4.51. The third-order valence-electron chi connectivity index (χ3n) is 5.52. The van der Waals surface area contributed by atoms with Crippen LogP contribution in [0.5, 0.6) is 0 Å². The van der Waals surface area contributed by atoms with Gasteiger partial charge in [-0.05, 0) is 62.0 Å². The minimum Gasteiger partial charge on any atom is -0.451 e. The van der Waals surface area contributed by atoms with E-state index in [0.717, 1.165) is 18.7 Å². The fourth-order valence-electron chi connectivity index (χ4n) is 3.95. The van der Waals surface area contributed by atoms with Crippen LogP contribution in [0.2, 0.25) is 0 Å². The molecule has 6 heteroatoms. The molecule has 0 radical (unpaired) electrons. The average Bonchev–Trinajstić information content (AvgIpc) is 3.10. The highest BCUT2D eigenvalue weighted by molar-refractivity contribution is 7.10. The van der Waals surface area contributed by atoms with Gasteiger partial charge in [0.05, 0.1) is 11.4 Å². The molecule has 1 unspecified atom stereocenters. The average molecular weight is 411 g/mol. The molecule has 0 spiro atoms. The van der Waals surface area contributed by atoms with Gasteiger partial charge in [0.1, 0.15) is 5.58 Å². The minimum atomic E-state index is -0.345. The molecule has 3 aromatic rings. The van der Waals surface area contributed by atoms with Crippen LogP contribution in [-0.4, -0.2) is 30.4 Å². The molecular weight excluding hydrogens is 384 g/mol. The van der Waals surface area contributed by atoms with Crippen molar-refractivity contribution in [1.82, 2.24) is 10.2 Å². The van der Waals surface area contributed by atoms with E-state index in [2.05, 4.69) is 27.7 Å². The van der Waals surface area contributed by atoms with E-state index in [9.17, 15) is 9.59 Å². The van der Waals surface area contributed by atoms with Crippen molar-refractivity contribution in [3.63, 3.8) is 0 Å². The Morgan fingerprint density at radius 3 is 2.69 bits per heavy atom. The quantitative estimate of drug-likeness (QED) is 0.672. The fourth-order valence-corrected chi connectivity index (χ4v) is 4.81. The van der Waals surface area contributed by atoms with Crippen LogP contribution in [0.1, 0.15) is 52.7 Å². The molecule has 4 rings (SSSR count). The Labute approximate surface area is 174 Å². The van der Waals surface area contributed by atoms with E-state index in [1.165, 1.54) is 36.6 Å². The zero-order chi connectivity index (χ0) is 20.2. The van der Waals surface area contributed by atoms with Crippen molar-refractivity contribution in [2.24, 2.45) is 0 Å². The molecule has 2 aromatic heterocycles. The third-order valence-corrected chi connectivity index (χ3v) is 6.49. The largest absolute Gasteiger partial charge is 0.451 e. The lowest BCUT2D eigenvalue weighted by Gasteiger charge is -2.30. The number of hydrogen-bond donors (Lipinski definition) is 1. The van der Waals surface area contributed by atoms with Crippen LogP contribution in [0.3, 0.4) is 0 Å². The molecule has 1 amide bonds. The molecule has 3 heterocycles. The Morgan fingerprint density at radius 1 is 1.17 bits per heavy atom. The summed E-state index contributed by atoms with van der Waals surface area (Å²) in [4.78, 5) is 28.9. The van der Waals surface area contributed by atoms with Crippen molar-refractivity contribution in [1.29, 1.82) is 0 Å². The van der Waals surface area contributed by atoms with Crippen LogP contribution in [0, 0.1) is 6.92 Å². The maximum atomic E-state index is 12.8. The van der Waals surface area contributed by atoms with Crippen LogP contribution in [0.4, 0.5) is 0 Å². The van der Waals surface area contributed by atoms with Gasteiger partial charge in [0, 0.05) is 17.5 Å². The lowest BCUT2D eigenvalue weighted by Crippen LogP contribution is -2.38. The first-order valence-corrected chi connectivity index (χ1v) is 11.1. The number of thiophene rings is 1. The highest BCUT2D eigenvalue weighted by atomic mass is 32.1. The first-order valence-electron chi connectivity index (χ1n) is 10.2. The molecular formula is C23H26N2O3S. The number of hydrogen-bond acceptors (Lipinski definition) is 5. The smallest absolute Gasteiger partial charge is 0.287 e. The van der Waals surface area contributed by atoms with Gasteiger partial charge in [0.2, 0.25) is 0 Å². The van der Waals surface area contributed by atoms with Crippen molar-refractivity contribution >= 4 is 28.2 Å². The molecule has 29 heavy (non-hydrogen) atoms. The molecule has 1 fully saturated rings. The van der Waals surface area contributed by atoms with Crippen molar-refractivity contribution in [3.05, 3.63) is 68.2 Å². The molecule has 1 aliphatic heterocycles. The summed E-state index contributed by atoms with van der Waals surface area (Å²) in [5.41, 5.74) is 1.24. The summed E-state index contributed by atoms with van der Waals surface area (Å²) < 4.78 is 5.75. The molecule has 152 valence electrons. The second-order valence-electron chi connectivity index (χ2n) is 7.67.